The Labute approximate surface area is 164 Å². The molecule has 134 valence electrons. The maximum Gasteiger partial charge on any atom is 0.310 e. The fourth-order valence-electron chi connectivity index (χ4n) is 1.96. The van der Waals surface area contributed by atoms with Gasteiger partial charge in [-0.2, -0.15) is 0 Å². The van der Waals surface area contributed by atoms with Gasteiger partial charge in [-0.3, -0.25) is 9.79 Å². The zero-order valence-corrected chi connectivity index (χ0v) is 16.5. The maximum absolute atomic E-state index is 11.3. The highest BCUT2D eigenvalue weighted by Crippen LogP contribution is 2.23. The van der Waals surface area contributed by atoms with E-state index >= 15 is 0 Å². The number of hydrogen-bond acceptors (Lipinski definition) is 4. The van der Waals surface area contributed by atoms with Crippen molar-refractivity contribution in [3.8, 4) is 11.5 Å². The normalized spacial score (nSPS) is 11.8. The molecule has 0 bridgehead atoms. The van der Waals surface area contributed by atoms with Crippen LogP contribution in [0.5, 0.6) is 11.5 Å². The number of nitrogens with one attached hydrogen (secondary N) is 1. The van der Waals surface area contributed by atoms with Crippen molar-refractivity contribution in [2.24, 2.45) is 16.6 Å². The van der Waals surface area contributed by atoms with Crippen LogP contribution in [0.4, 0.5) is 5.69 Å². The van der Waals surface area contributed by atoms with Gasteiger partial charge in [0.25, 0.3) is 0 Å². The van der Waals surface area contributed by atoms with Crippen LogP contribution in [0.3, 0.4) is 0 Å². The van der Waals surface area contributed by atoms with Crippen LogP contribution in [0.2, 0.25) is 0 Å². The van der Waals surface area contributed by atoms with Gasteiger partial charge in [0.1, 0.15) is 11.5 Å². The van der Waals surface area contributed by atoms with E-state index in [-0.39, 0.29) is 48.4 Å². The molecule has 0 aliphatic heterocycles. The largest absolute Gasteiger partial charge is 0.469 e. The van der Waals surface area contributed by atoms with E-state index in [9.17, 15) is 4.79 Å². The SMILES string of the molecule is COC(=O)C(C)CN=C(N)Nc1cccc(Oc2ccccc2)c1.I. The zero-order valence-electron chi connectivity index (χ0n) is 14.1. The first-order chi connectivity index (χ1) is 11.6. The summed E-state index contributed by atoms with van der Waals surface area (Å²) in [5.41, 5.74) is 6.59. The monoisotopic (exact) mass is 455 g/mol. The number of nitrogens with two attached hydrogens (primary N) is 1. The predicted octanol–water partition coefficient (Wildman–Crippen LogP) is 3.63. The van der Waals surface area contributed by atoms with Crippen molar-refractivity contribution >= 4 is 41.6 Å². The van der Waals surface area contributed by atoms with Crippen LogP contribution in [-0.4, -0.2) is 25.6 Å². The first-order valence-corrected chi connectivity index (χ1v) is 7.56. The molecule has 1 unspecified atom stereocenters. The minimum Gasteiger partial charge on any atom is -0.469 e. The first kappa shape index (κ1) is 20.8. The fraction of sp³-hybridized carbons (Fsp3) is 0.222. The Hall–Kier alpha value is -2.29. The molecule has 0 fully saturated rings. The molecule has 2 aromatic carbocycles. The van der Waals surface area contributed by atoms with Gasteiger partial charge < -0.3 is 20.5 Å². The average Bonchev–Trinajstić information content (AvgIpc) is 2.60. The lowest BCUT2D eigenvalue weighted by atomic mass is 10.2. The smallest absolute Gasteiger partial charge is 0.310 e. The minimum absolute atomic E-state index is 0. The number of carbonyl (C=O) groups is 1. The number of hydrogen-bond donors (Lipinski definition) is 2. The van der Waals surface area contributed by atoms with Crippen LogP contribution in [0.25, 0.3) is 0 Å². The van der Waals surface area contributed by atoms with Crippen molar-refractivity contribution in [2.45, 2.75) is 6.92 Å². The molecule has 0 aliphatic carbocycles. The summed E-state index contributed by atoms with van der Waals surface area (Å²) in [6, 6.07) is 16.9. The van der Waals surface area contributed by atoms with E-state index in [1.165, 1.54) is 7.11 Å². The molecule has 1 atom stereocenters. The summed E-state index contributed by atoms with van der Waals surface area (Å²) in [7, 11) is 1.35. The van der Waals surface area contributed by atoms with Crippen LogP contribution in [0, 0.1) is 5.92 Å². The number of anilines is 1. The molecule has 25 heavy (non-hydrogen) atoms. The van der Waals surface area contributed by atoms with Crippen LogP contribution < -0.4 is 15.8 Å². The number of carbonyl (C=O) groups excluding carboxylic acids is 1. The number of para-hydroxylation sites is 1. The first-order valence-electron chi connectivity index (χ1n) is 7.56. The number of esters is 1. The molecule has 0 amide bonds. The van der Waals surface area contributed by atoms with Crippen LogP contribution in [-0.2, 0) is 9.53 Å². The zero-order chi connectivity index (χ0) is 17.4. The number of nitrogens with zero attached hydrogens (tertiary/aromatic N) is 1. The number of guanidine groups is 1. The summed E-state index contributed by atoms with van der Waals surface area (Å²) in [5, 5.41) is 2.98. The van der Waals surface area contributed by atoms with Gasteiger partial charge in [0.05, 0.1) is 19.6 Å². The topological polar surface area (TPSA) is 85.9 Å². The molecule has 6 nitrogen and oxygen atoms in total. The van der Waals surface area contributed by atoms with Crippen LogP contribution in [0.15, 0.2) is 59.6 Å². The van der Waals surface area contributed by atoms with E-state index in [0.29, 0.717) is 5.75 Å². The lowest BCUT2D eigenvalue weighted by Crippen LogP contribution is -2.25. The third-order valence-electron chi connectivity index (χ3n) is 3.22. The predicted molar refractivity (Wildman–Crippen MR) is 110 cm³/mol. The quantitative estimate of drug-likeness (QED) is 0.301. The standard InChI is InChI=1S/C18H21N3O3.HI/c1-13(17(22)23-2)12-20-18(19)21-14-7-6-10-16(11-14)24-15-8-4-3-5-9-15;/h3-11,13H,12H2,1-2H3,(H3,19,20,21);1H. The van der Waals surface area contributed by atoms with Gasteiger partial charge in [-0.25, -0.2) is 0 Å². The molecule has 2 rings (SSSR count). The van der Waals surface area contributed by atoms with Crippen LogP contribution in [0.1, 0.15) is 6.92 Å². The Kier molecular flexibility index (Phi) is 8.76. The minimum atomic E-state index is -0.344. The second-order valence-electron chi connectivity index (χ2n) is 5.22. The molecule has 3 N–H and O–H groups in total. The van der Waals surface area contributed by atoms with E-state index in [1.54, 1.807) is 6.92 Å². The summed E-state index contributed by atoms with van der Waals surface area (Å²) >= 11 is 0. The molecule has 2 aromatic rings. The summed E-state index contributed by atoms with van der Waals surface area (Å²) in [6.45, 7) is 1.99. The van der Waals surface area contributed by atoms with E-state index in [1.807, 2.05) is 54.6 Å². The molecule has 0 saturated carbocycles. The van der Waals surface area contributed by atoms with Gasteiger partial charge in [-0.15, -0.1) is 24.0 Å². The lowest BCUT2D eigenvalue weighted by molar-refractivity contribution is -0.144. The van der Waals surface area contributed by atoms with E-state index < -0.39 is 0 Å². The number of methoxy groups -OCH3 is 1. The van der Waals surface area contributed by atoms with Crippen molar-refractivity contribution in [3.63, 3.8) is 0 Å². The highest BCUT2D eigenvalue weighted by molar-refractivity contribution is 14.0. The van der Waals surface area contributed by atoms with Crippen molar-refractivity contribution < 1.29 is 14.3 Å². The number of ether oxygens (including phenoxy) is 2. The molecule has 0 heterocycles. The van der Waals surface area contributed by atoms with Crippen molar-refractivity contribution in [3.05, 3.63) is 54.6 Å². The van der Waals surface area contributed by atoms with Gasteiger partial charge in [0, 0.05) is 11.8 Å². The Morgan fingerprint density at radius 2 is 1.84 bits per heavy atom. The Bertz CT molecular complexity index is 708. The van der Waals surface area contributed by atoms with E-state index in [0.717, 1.165) is 11.4 Å². The molecule has 0 radical (unpaired) electrons. The average molecular weight is 455 g/mol. The summed E-state index contributed by atoms with van der Waals surface area (Å²) in [5.74, 6) is 1.00. The van der Waals surface area contributed by atoms with E-state index in [2.05, 4.69) is 15.0 Å². The van der Waals surface area contributed by atoms with Crippen LogP contribution >= 0.6 is 24.0 Å². The number of halogens is 1. The van der Waals surface area contributed by atoms with Gasteiger partial charge in [0.15, 0.2) is 5.96 Å². The van der Waals surface area contributed by atoms with Gasteiger partial charge in [-0.05, 0) is 24.3 Å². The molecule has 7 heteroatoms. The fourth-order valence-corrected chi connectivity index (χ4v) is 1.96. The van der Waals surface area contributed by atoms with Crippen molar-refractivity contribution in [2.75, 3.05) is 19.0 Å². The number of rotatable bonds is 6. The highest BCUT2D eigenvalue weighted by atomic mass is 127. The third kappa shape index (κ3) is 7.00. The highest BCUT2D eigenvalue weighted by Gasteiger charge is 2.12. The number of aliphatic imine (C=N–C) groups is 1. The van der Waals surface area contributed by atoms with Crippen molar-refractivity contribution in [1.82, 2.24) is 0 Å². The van der Waals surface area contributed by atoms with Crippen molar-refractivity contribution in [1.29, 1.82) is 0 Å². The van der Waals surface area contributed by atoms with Gasteiger partial charge >= 0.3 is 5.97 Å². The van der Waals surface area contributed by atoms with Gasteiger partial charge in [-0.1, -0.05) is 31.2 Å². The molecule has 0 saturated heterocycles. The van der Waals surface area contributed by atoms with E-state index in [4.69, 9.17) is 10.5 Å². The third-order valence-corrected chi connectivity index (χ3v) is 3.22. The Balaban J connectivity index is 0.00000312. The summed E-state index contributed by atoms with van der Waals surface area (Å²) in [4.78, 5) is 15.5. The Morgan fingerprint density at radius 3 is 2.52 bits per heavy atom. The molecule has 0 spiro atoms. The Morgan fingerprint density at radius 1 is 1.16 bits per heavy atom. The lowest BCUT2D eigenvalue weighted by Gasteiger charge is -2.10. The van der Waals surface area contributed by atoms with Gasteiger partial charge in [0.2, 0.25) is 0 Å². The maximum atomic E-state index is 11.3. The molecule has 0 aliphatic rings. The molecule has 0 aromatic heterocycles. The second kappa shape index (κ2) is 10.5. The second-order valence-corrected chi connectivity index (χ2v) is 5.22. The summed E-state index contributed by atoms with van der Waals surface area (Å²) in [6.07, 6.45) is 0. The summed E-state index contributed by atoms with van der Waals surface area (Å²) < 4.78 is 10.4. The number of benzene rings is 2. The molecular weight excluding hydrogens is 433 g/mol. The molecular formula is C18H22IN3O3.